The molecule has 7 heteroatoms. The van der Waals surface area contributed by atoms with Crippen molar-refractivity contribution in [1.29, 1.82) is 0 Å². The fourth-order valence-electron chi connectivity index (χ4n) is 3.21. The minimum absolute atomic E-state index is 0.252. The smallest absolute Gasteiger partial charge is 0.347 e. The van der Waals surface area contributed by atoms with Crippen LogP contribution in [0.25, 0.3) is 0 Å². The molecular formula is C14H21N3O3S. The number of fused-ring (bicyclic) bond motifs is 1. The second kappa shape index (κ2) is 6.29. The summed E-state index contributed by atoms with van der Waals surface area (Å²) >= 11 is 1.27. The van der Waals surface area contributed by atoms with E-state index in [0.29, 0.717) is 16.6 Å². The molecule has 2 saturated heterocycles. The number of rotatable bonds is 4. The lowest BCUT2D eigenvalue weighted by atomic mass is 10.00. The van der Waals surface area contributed by atoms with E-state index < -0.39 is 5.97 Å². The standard InChI is InChI=1S/C14H21N3O3S/c1-20-9-11-12(13(18)19)21-14(15-11)17-7-6-16-5-3-2-4-10(16)8-17/h10H,2-9H2,1H3,(H,18,19). The summed E-state index contributed by atoms with van der Waals surface area (Å²) in [6, 6.07) is 0.593. The molecule has 3 rings (SSSR count). The SMILES string of the molecule is COCc1nc(N2CCN3CCCCC3C2)sc1C(=O)O. The highest BCUT2D eigenvalue weighted by molar-refractivity contribution is 7.17. The highest BCUT2D eigenvalue weighted by atomic mass is 32.1. The number of carbonyl (C=O) groups is 1. The van der Waals surface area contributed by atoms with E-state index in [2.05, 4.69) is 14.8 Å². The van der Waals surface area contributed by atoms with Crippen molar-refractivity contribution in [3.63, 3.8) is 0 Å². The van der Waals surface area contributed by atoms with E-state index in [1.165, 1.54) is 37.1 Å². The van der Waals surface area contributed by atoms with Gasteiger partial charge in [0.05, 0.1) is 12.3 Å². The molecule has 0 bridgehead atoms. The normalized spacial score (nSPS) is 23.1. The van der Waals surface area contributed by atoms with Crippen molar-refractivity contribution in [2.24, 2.45) is 0 Å². The molecule has 1 aromatic heterocycles. The van der Waals surface area contributed by atoms with Crippen molar-refractivity contribution < 1.29 is 14.6 Å². The van der Waals surface area contributed by atoms with Gasteiger partial charge in [-0.25, -0.2) is 9.78 Å². The molecule has 2 fully saturated rings. The molecule has 1 atom stereocenters. The third kappa shape index (κ3) is 3.04. The Bertz CT molecular complexity index is 520. The fraction of sp³-hybridized carbons (Fsp3) is 0.714. The Kier molecular flexibility index (Phi) is 4.42. The molecule has 0 spiro atoms. The van der Waals surface area contributed by atoms with Crippen LogP contribution >= 0.6 is 11.3 Å². The quantitative estimate of drug-likeness (QED) is 0.912. The van der Waals surface area contributed by atoms with E-state index >= 15 is 0 Å². The van der Waals surface area contributed by atoms with Crippen LogP contribution in [0.4, 0.5) is 5.13 Å². The van der Waals surface area contributed by atoms with Gasteiger partial charge in [-0.2, -0.15) is 0 Å². The fourth-order valence-corrected chi connectivity index (χ4v) is 4.15. The lowest BCUT2D eigenvalue weighted by molar-refractivity contribution is 0.0697. The van der Waals surface area contributed by atoms with Crippen molar-refractivity contribution in [3.05, 3.63) is 10.6 Å². The Labute approximate surface area is 128 Å². The Morgan fingerprint density at radius 1 is 1.43 bits per heavy atom. The number of anilines is 1. The van der Waals surface area contributed by atoms with E-state index in [4.69, 9.17) is 4.74 Å². The number of hydrogen-bond acceptors (Lipinski definition) is 6. The van der Waals surface area contributed by atoms with Gasteiger partial charge in [0.1, 0.15) is 4.88 Å². The van der Waals surface area contributed by atoms with Gasteiger partial charge >= 0.3 is 5.97 Å². The molecule has 1 N–H and O–H groups in total. The maximum Gasteiger partial charge on any atom is 0.347 e. The van der Waals surface area contributed by atoms with Crippen LogP contribution in [-0.2, 0) is 11.3 Å². The van der Waals surface area contributed by atoms with E-state index in [9.17, 15) is 9.90 Å². The van der Waals surface area contributed by atoms with Gasteiger partial charge in [-0.1, -0.05) is 17.8 Å². The molecule has 116 valence electrons. The second-order valence-electron chi connectivity index (χ2n) is 5.64. The van der Waals surface area contributed by atoms with Gasteiger partial charge in [-0.3, -0.25) is 4.90 Å². The first-order chi connectivity index (χ1) is 10.2. The number of nitrogens with zero attached hydrogens (tertiary/aromatic N) is 3. The number of carboxylic acids is 1. The summed E-state index contributed by atoms with van der Waals surface area (Å²) in [5, 5.41) is 10.1. The largest absolute Gasteiger partial charge is 0.477 e. The summed E-state index contributed by atoms with van der Waals surface area (Å²) in [6.45, 7) is 4.38. The number of thiazole rings is 1. The van der Waals surface area contributed by atoms with Gasteiger partial charge in [0.25, 0.3) is 0 Å². The highest BCUT2D eigenvalue weighted by Crippen LogP contribution is 2.30. The number of aromatic carboxylic acids is 1. The third-order valence-corrected chi connectivity index (χ3v) is 5.42. The zero-order valence-corrected chi connectivity index (χ0v) is 13.1. The second-order valence-corrected chi connectivity index (χ2v) is 6.62. The van der Waals surface area contributed by atoms with Crippen molar-refractivity contribution >= 4 is 22.4 Å². The number of piperazine rings is 1. The van der Waals surface area contributed by atoms with Gasteiger partial charge in [0.2, 0.25) is 0 Å². The molecule has 3 heterocycles. The predicted octanol–water partition coefficient (Wildman–Crippen LogP) is 1.66. The monoisotopic (exact) mass is 311 g/mol. The van der Waals surface area contributed by atoms with Crippen LogP contribution in [0.2, 0.25) is 0 Å². The minimum atomic E-state index is -0.915. The summed E-state index contributed by atoms with van der Waals surface area (Å²) in [4.78, 5) is 20.9. The number of aromatic nitrogens is 1. The number of hydrogen-bond donors (Lipinski definition) is 1. The lowest BCUT2D eigenvalue weighted by Gasteiger charge is -2.44. The van der Waals surface area contributed by atoms with E-state index in [1.54, 1.807) is 7.11 Å². The number of carboxylic acid groups (broad SMARTS) is 1. The molecule has 2 aliphatic rings. The Morgan fingerprint density at radius 2 is 2.29 bits per heavy atom. The maximum absolute atomic E-state index is 11.3. The molecule has 0 aliphatic carbocycles. The number of ether oxygens (including phenoxy) is 1. The van der Waals surface area contributed by atoms with Crippen molar-refractivity contribution in [1.82, 2.24) is 9.88 Å². The van der Waals surface area contributed by atoms with Gasteiger partial charge in [-0.15, -0.1) is 0 Å². The average Bonchev–Trinajstić information content (AvgIpc) is 2.91. The van der Waals surface area contributed by atoms with Crippen molar-refractivity contribution in [2.75, 3.05) is 38.2 Å². The van der Waals surface area contributed by atoms with Crippen molar-refractivity contribution in [3.8, 4) is 0 Å². The predicted molar refractivity (Wildman–Crippen MR) is 81.2 cm³/mol. The minimum Gasteiger partial charge on any atom is -0.477 e. The van der Waals surface area contributed by atoms with Crippen LogP contribution in [0.3, 0.4) is 0 Å². The summed E-state index contributed by atoms with van der Waals surface area (Å²) in [7, 11) is 1.56. The third-order valence-electron chi connectivity index (χ3n) is 4.27. The number of methoxy groups -OCH3 is 1. The van der Waals surface area contributed by atoms with Gasteiger partial charge in [0.15, 0.2) is 5.13 Å². The van der Waals surface area contributed by atoms with Crippen molar-refractivity contribution in [2.45, 2.75) is 31.9 Å². The summed E-state index contributed by atoms with van der Waals surface area (Å²) in [5.74, 6) is -0.915. The van der Waals surface area contributed by atoms with Crippen LogP contribution in [0.15, 0.2) is 0 Å². The Hall–Kier alpha value is -1.18. The first-order valence-corrected chi connectivity index (χ1v) is 8.21. The topological polar surface area (TPSA) is 65.9 Å². The molecule has 0 saturated carbocycles. The Morgan fingerprint density at radius 3 is 3.05 bits per heavy atom. The lowest BCUT2D eigenvalue weighted by Crippen LogP contribution is -2.54. The van der Waals surface area contributed by atoms with Crippen LogP contribution in [-0.4, -0.2) is 60.3 Å². The Balaban J connectivity index is 1.77. The maximum atomic E-state index is 11.3. The first-order valence-electron chi connectivity index (χ1n) is 7.40. The van der Waals surface area contributed by atoms with Crippen LogP contribution < -0.4 is 4.90 Å². The van der Waals surface area contributed by atoms with Crippen LogP contribution in [0.1, 0.15) is 34.6 Å². The first kappa shape index (κ1) is 14.7. The average molecular weight is 311 g/mol. The summed E-state index contributed by atoms with van der Waals surface area (Å²) in [5.41, 5.74) is 0.538. The molecule has 1 aromatic rings. The van der Waals surface area contributed by atoms with Gasteiger partial charge in [-0.05, 0) is 19.4 Å². The molecule has 0 radical (unpaired) electrons. The molecule has 0 amide bonds. The molecule has 21 heavy (non-hydrogen) atoms. The van der Waals surface area contributed by atoms with Crippen LogP contribution in [0.5, 0.6) is 0 Å². The zero-order chi connectivity index (χ0) is 14.8. The molecule has 0 aromatic carbocycles. The van der Waals surface area contributed by atoms with Gasteiger partial charge < -0.3 is 14.7 Å². The van der Waals surface area contributed by atoms with E-state index in [0.717, 1.165) is 24.8 Å². The van der Waals surface area contributed by atoms with E-state index in [1.807, 2.05) is 0 Å². The summed E-state index contributed by atoms with van der Waals surface area (Å²) in [6.07, 6.45) is 3.83. The molecule has 2 aliphatic heterocycles. The molecule has 6 nitrogen and oxygen atoms in total. The highest BCUT2D eigenvalue weighted by Gasteiger charge is 2.31. The molecule has 1 unspecified atom stereocenters. The molecular weight excluding hydrogens is 290 g/mol. The van der Waals surface area contributed by atoms with Crippen LogP contribution in [0, 0.1) is 0 Å². The zero-order valence-electron chi connectivity index (χ0n) is 12.2. The summed E-state index contributed by atoms with van der Waals surface area (Å²) < 4.78 is 5.06. The van der Waals surface area contributed by atoms with Gasteiger partial charge in [0, 0.05) is 32.8 Å². The number of piperidine rings is 1. The van der Waals surface area contributed by atoms with E-state index in [-0.39, 0.29) is 6.61 Å².